The Bertz CT molecular complexity index is 990. The first-order valence-electron chi connectivity index (χ1n) is 14.8. The molecule has 39 heavy (non-hydrogen) atoms. The van der Waals surface area contributed by atoms with Crippen LogP contribution in [0.25, 0.3) is 0 Å². The molecule has 0 radical (unpaired) electrons. The number of carbonyl (C=O) groups is 2. The number of hydrogen-bond acceptors (Lipinski definition) is 5. The molecule has 0 spiro atoms. The molecule has 2 rings (SSSR count). The molecule has 6 heteroatoms. The van der Waals surface area contributed by atoms with Crippen molar-refractivity contribution in [2.24, 2.45) is 0 Å². The molecule has 0 aliphatic carbocycles. The third kappa shape index (κ3) is 11.3. The number of benzene rings is 2. The van der Waals surface area contributed by atoms with Gasteiger partial charge in [0.05, 0.1) is 32.1 Å². The van der Waals surface area contributed by atoms with Crippen molar-refractivity contribution in [1.29, 1.82) is 0 Å². The van der Waals surface area contributed by atoms with Crippen molar-refractivity contribution in [3.05, 3.63) is 48.0 Å². The molecule has 6 nitrogen and oxygen atoms in total. The molecule has 0 heterocycles. The van der Waals surface area contributed by atoms with E-state index >= 15 is 0 Å². The number of ether oxygens (including phenoxy) is 3. The number of unbranched alkanes of at least 4 members (excludes halogenated alkanes) is 13. The minimum absolute atomic E-state index is 0.330. The number of hydrogen-bond donors (Lipinski definition) is 0. The summed E-state index contributed by atoms with van der Waals surface area (Å²) in [4.78, 5) is 27.3. The van der Waals surface area contributed by atoms with Gasteiger partial charge >= 0.3 is 0 Å². The Morgan fingerprint density at radius 1 is 0.692 bits per heavy atom. The SMILES string of the molecule is CCCCCCCCCCCCCCCCOc1ccccc1C(=O)N(C(C)=O)c1cc(OC)ccc1OC. The van der Waals surface area contributed by atoms with Crippen molar-refractivity contribution in [3.8, 4) is 17.2 Å². The largest absolute Gasteiger partial charge is 0.497 e. The fourth-order valence-corrected chi connectivity index (χ4v) is 4.76. The smallest absolute Gasteiger partial charge is 0.268 e. The minimum atomic E-state index is -0.467. The molecule has 0 aliphatic rings. The second-order valence-corrected chi connectivity index (χ2v) is 10.1. The van der Waals surface area contributed by atoms with E-state index in [9.17, 15) is 9.59 Å². The van der Waals surface area contributed by atoms with Gasteiger partial charge in [0.25, 0.3) is 5.91 Å². The summed E-state index contributed by atoms with van der Waals surface area (Å²) in [6, 6.07) is 12.1. The molecule has 0 aromatic heterocycles. The van der Waals surface area contributed by atoms with Crippen LogP contribution in [0.1, 0.15) is 114 Å². The molecule has 0 fully saturated rings. The second kappa shape index (κ2) is 19.1. The molecule has 2 amide bonds. The van der Waals surface area contributed by atoms with Crippen LogP contribution in [0.15, 0.2) is 42.5 Å². The number of methoxy groups -OCH3 is 2. The van der Waals surface area contributed by atoms with E-state index in [1.807, 2.05) is 6.07 Å². The zero-order valence-corrected chi connectivity index (χ0v) is 24.6. The molecule has 0 aliphatic heterocycles. The highest BCUT2D eigenvalue weighted by molar-refractivity contribution is 6.22. The molecule has 0 bridgehead atoms. The highest BCUT2D eigenvalue weighted by atomic mass is 16.5. The number of imide groups is 1. The molecule has 2 aromatic rings. The van der Waals surface area contributed by atoms with Gasteiger partial charge in [0, 0.05) is 13.0 Å². The summed E-state index contributed by atoms with van der Waals surface area (Å²) in [5.74, 6) is 0.511. The lowest BCUT2D eigenvalue weighted by molar-refractivity contribution is -0.116. The third-order valence-corrected chi connectivity index (χ3v) is 7.02. The van der Waals surface area contributed by atoms with Crippen LogP contribution in [0.2, 0.25) is 0 Å². The number of carbonyl (C=O) groups excluding carboxylic acids is 2. The molecular weight excluding hydrogens is 490 g/mol. The molecule has 0 N–H and O–H groups in total. The lowest BCUT2D eigenvalue weighted by Crippen LogP contribution is -2.35. The van der Waals surface area contributed by atoms with Gasteiger partial charge < -0.3 is 14.2 Å². The Labute approximate surface area is 236 Å². The first-order chi connectivity index (χ1) is 19.0. The van der Waals surface area contributed by atoms with E-state index in [0.717, 1.165) is 17.7 Å². The van der Waals surface area contributed by atoms with Gasteiger partial charge in [0.2, 0.25) is 5.91 Å². The standard InChI is InChI=1S/C33H49NO5/c1-5-6-7-8-9-10-11-12-13-14-15-16-17-20-25-39-31-22-19-18-21-29(31)33(36)34(27(2)35)30-26-28(37-3)23-24-32(30)38-4/h18-19,21-24,26H,5-17,20,25H2,1-4H3. The molecular formula is C33H49NO5. The number of amides is 2. The van der Waals surface area contributed by atoms with Crippen LogP contribution in [-0.4, -0.2) is 32.6 Å². The second-order valence-electron chi connectivity index (χ2n) is 10.1. The molecule has 0 atom stereocenters. The predicted molar refractivity (Wildman–Crippen MR) is 159 cm³/mol. The van der Waals surface area contributed by atoms with Gasteiger partial charge in [-0.05, 0) is 30.7 Å². The maximum atomic E-state index is 13.6. The van der Waals surface area contributed by atoms with E-state index in [1.165, 1.54) is 98.2 Å². The van der Waals surface area contributed by atoms with E-state index < -0.39 is 11.8 Å². The van der Waals surface area contributed by atoms with Gasteiger partial charge in [-0.1, -0.05) is 103 Å². The Morgan fingerprint density at radius 2 is 1.26 bits per heavy atom. The highest BCUT2D eigenvalue weighted by Crippen LogP contribution is 2.34. The van der Waals surface area contributed by atoms with Crippen molar-refractivity contribution in [2.75, 3.05) is 25.7 Å². The summed E-state index contributed by atoms with van der Waals surface area (Å²) in [6.07, 6.45) is 18.2. The van der Waals surface area contributed by atoms with Crippen LogP contribution in [-0.2, 0) is 4.79 Å². The quantitative estimate of drug-likeness (QED) is 0.157. The van der Waals surface area contributed by atoms with Crippen LogP contribution in [0, 0.1) is 0 Å². The summed E-state index contributed by atoms with van der Waals surface area (Å²) in [5, 5.41) is 0. The average molecular weight is 540 g/mol. The van der Waals surface area contributed by atoms with Crippen LogP contribution >= 0.6 is 0 Å². The van der Waals surface area contributed by atoms with Crippen molar-refractivity contribution < 1.29 is 23.8 Å². The normalized spacial score (nSPS) is 10.8. The summed E-state index contributed by atoms with van der Waals surface area (Å²) in [5.41, 5.74) is 0.666. The Balaban J connectivity index is 1.79. The van der Waals surface area contributed by atoms with Gasteiger partial charge in [0.15, 0.2) is 0 Å². The van der Waals surface area contributed by atoms with E-state index in [1.54, 1.807) is 36.4 Å². The summed E-state index contributed by atoms with van der Waals surface area (Å²) in [7, 11) is 3.04. The average Bonchev–Trinajstić information content (AvgIpc) is 2.95. The molecule has 0 saturated carbocycles. The van der Waals surface area contributed by atoms with Crippen LogP contribution in [0.4, 0.5) is 5.69 Å². The fourth-order valence-electron chi connectivity index (χ4n) is 4.76. The zero-order chi connectivity index (χ0) is 28.3. The number of rotatable bonds is 20. The first-order valence-corrected chi connectivity index (χ1v) is 14.8. The van der Waals surface area contributed by atoms with Gasteiger partial charge in [0.1, 0.15) is 17.2 Å². The van der Waals surface area contributed by atoms with Crippen LogP contribution in [0.5, 0.6) is 17.2 Å². The summed E-state index contributed by atoms with van der Waals surface area (Å²) >= 11 is 0. The predicted octanol–water partition coefficient (Wildman–Crippen LogP) is 8.76. The third-order valence-electron chi connectivity index (χ3n) is 7.02. The van der Waals surface area contributed by atoms with Crippen LogP contribution in [0.3, 0.4) is 0 Å². The first kappa shape index (κ1) is 32.2. The van der Waals surface area contributed by atoms with Crippen LogP contribution < -0.4 is 19.1 Å². The number of anilines is 1. The Kier molecular flexibility index (Phi) is 15.8. The summed E-state index contributed by atoms with van der Waals surface area (Å²) in [6.45, 7) is 4.16. The zero-order valence-electron chi connectivity index (χ0n) is 24.6. The monoisotopic (exact) mass is 539 g/mol. The fraction of sp³-hybridized carbons (Fsp3) is 0.576. The molecule has 216 valence electrons. The Hall–Kier alpha value is -3.02. The molecule has 2 aromatic carbocycles. The van der Waals surface area contributed by atoms with Crippen molar-refractivity contribution in [3.63, 3.8) is 0 Å². The summed E-state index contributed by atoms with van der Waals surface area (Å²) < 4.78 is 16.7. The van der Waals surface area contributed by atoms with E-state index in [4.69, 9.17) is 14.2 Å². The van der Waals surface area contributed by atoms with E-state index in [-0.39, 0.29) is 0 Å². The highest BCUT2D eigenvalue weighted by Gasteiger charge is 2.27. The lowest BCUT2D eigenvalue weighted by atomic mass is 10.0. The Morgan fingerprint density at radius 3 is 1.79 bits per heavy atom. The number of para-hydroxylation sites is 1. The van der Waals surface area contributed by atoms with Gasteiger partial charge in [-0.15, -0.1) is 0 Å². The van der Waals surface area contributed by atoms with E-state index in [0.29, 0.717) is 35.1 Å². The van der Waals surface area contributed by atoms with Crippen molar-refractivity contribution >= 4 is 17.5 Å². The van der Waals surface area contributed by atoms with Crippen molar-refractivity contribution in [1.82, 2.24) is 0 Å². The van der Waals surface area contributed by atoms with Gasteiger partial charge in [-0.25, -0.2) is 4.90 Å². The van der Waals surface area contributed by atoms with Crippen molar-refractivity contribution in [2.45, 2.75) is 104 Å². The maximum Gasteiger partial charge on any atom is 0.268 e. The van der Waals surface area contributed by atoms with E-state index in [2.05, 4.69) is 6.92 Å². The lowest BCUT2D eigenvalue weighted by Gasteiger charge is -2.23. The topological polar surface area (TPSA) is 65.1 Å². The maximum absolute atomic E-state index is 13.6. The molecule has 0 unspecified atom stereocenters. The van der Waals surface area contributed by atoms with Gasteiger partial charge in [-0.3, -0.25) is 9.59 Å². The molecule has 0 saturated heterocycles. The number of nitrogens with zero attached hydrogens (tertiary/aromatic N) is 1. The minimum Gasteiger partial charge on any atom is -0.497 e. The van der Waals surface area contributed by atoms with Gasteiger partial charge in [-0.2, -0.15) is 0 Å².